The van der Waals surface area contributed by atoms with Crippen molar-refractivity contribution in [2.45, 2.75) is 6.42 Å². The van der Waals surface area contributed by atoms with Gasteiger partial charge in [0, 0.05) is 5.56 Å². The van der Waals surface area contributed by atoms with Gasteiger partial charge in [0.2, 0.25) is 5.91 Å². The summed E-state index contributed by atoms with van der Waals surface area (Å²) < 4.78 is 39.8. The molecule has 0 bridgehead atoms. The number of carbonyl (C=O) groups is 1. The molecular weight excluding hydrogens is 281 g/mol. The number of halogens is 3. The first-order chi connectivity index (χ1) is 10.0. The topological polar surface area (TPSA) is 52.9 Å². The lowest BCUT2D eigenvalue weighted by molar-refractivity contribution is -0.115. The van der Waals surface area contributed by atoms with Crippen LogP contribution in [0.25, 0.3) is 0 Å². The van der Waals surface area contributed by atoms with Crippen molar-refractivity contribution >= 4 is 11.6 Å². The normalized spacial score (nSPS) is 10.0. The molecule has 21 heavy (non-hydrogen) atoms. The SMILES string of the molecule is N#Cc1c(F)cccc1NC(=O)Cc1cccc(F)c1F. The van der Waals surface area contributed by atoms with Crippen LogP contribution in [0.1, 0.15) is 11.1 Å². The highest BCUT2D eigenvalue weighted by Crippen LogP contribution is 2.18. The lowest BCUT2D eigenvalue weighted by Crippen LogP contribution is -2.16. The molecule has 0 fully saturated rings. The molecule has 0 heterocycles. The van der Waals surface area contributed by atoms with Gasteiger partial charge in [-0.2, -0.15) is 5.26 Å². The van der Waals surface area contributed by atoms with Crippen LogP contribution in [-0.2, 0) is 11.2 Å². The molecule has 0 atom stereocenters. The van der Waals surface area contributed by atoms with E-state index in [0.717, 1.165) is 12.1 Å². The minimum Gasteiger partial charge on any atom is -0.325 e. The fourth-order valence-corrected chi connectivity index (χ4v) is 1.79. The Kier molecular flexibility index (Phi) is 4.24. The van der Waals surface area contributed by atoms with Gasteiger partial charge in [0.25, 0.3) is 0 Å². The number of rotatable bonds is 3. The maximum atomic E-state index is 13.4. The van der Waals surface area contributed by atoms with Crippen LogP contribution in [0.4, 0.5) is 18.9 Å². The molecule has 0 aliphatic rings. The van der Waals surface area contributed by atoms with E-state index in [1.165, 1.54) is 24.3 Å². The molecule has 2 rings (SSSR count). The summed E-state index contributed by atoms with van der Waals surface area (Å²) in [5.41, 5.74) is -0.452. The predicted molar refractivity (Wildman–Crippen MR) is 69.8 cm³/mol. The van der Waals surface area contributed by atoms with Gasteiger partial charge in [-0.05, 0) is 18.2 Å². The van der Waals surface area contributed by atoms with Gasteiger partial charge in [-0.3, -0.25) is 4.79 Å². The highest BCUT2D eigenvalue weighted by atomic mass is 19.2. The van der Waals surface area contributed by atoms with E-state index in [4.69, 9.17) is 5.26 Å². The van der Waals surface area contributed by atoms with Crippen LogP contribution < -0.4 is 5.32 Å². The maximum Gasteiger partial charge on any atom is 0.228 e. The lowest BCUT2D eigenvalue weighted by Gasteiger charge is -2.08. The second-order valence-electron chi connectivity index (χ2n) is 4.21. The third kappa shape index (κ3) is 3.20. The summed E-state index contributed by atoms with van der Waals surface area (Å²) in [5.74, 6) is -3.61. The van der Waals surface area contributed by atoms with Gasteiger partial charge in [0.05, 0.1) is 12.1 Å². The second-order valence-corrected chi connectivity index (χ2v) is 4.21. The van der Waals surface area contributed by atoms with Crippen LogP contribution in [0.5, 0.6) is 0 Å². The first-order valence-corrected chi connectivity index (χ1v) is 5.94. The molecule has 106 valence electrons. The molecular formula is C15H9F3N2O. The highest BCUT2D eigenvalue weighted by molar-refractivity contribution is 5.93. The Morgan fingerprint density at radius 3 is 2.48 bits per heavy atom. The zero-order valence-corrected chi connectivity index (χ0v) is 10.7. The molecule has 3 nitrogen and oxygen atoms in total. The molecule has 2 aromatic carbocycles. The molecule has 0 aliphatic heterocycles. The van der Waals surface area contributed by atoms with Crippen molar-refractivity contribution in [2.24, 2.45) is 0 Å². The molecule has 0 radical (unpaired) electrons. The number of amides is 1. The number of benzene rings is 2. The molecule has 0 saturated heterocycles. The first kappa shape index (κ1) is 14.6. The summed E-state index contributed by atoms with van der Waals surface area (Å²) in [6, 6.07) is 8.89. The zero-order chi connectivity index (χ0) is 15.4. The molecule has 0 unspecified atom stereocenters. The van der Waals surface area contributed by atoms with Crippen molar-refractivity contribution in [1.82, 2.24) is 0 Å². The van der Waals surface area contributed by atoms with Gasteiger partial charge in [-0.1, -0.05) is 18.2 Å². The van der Waals surface area contributed by atoms with Gasteiger partial charge < -0.3 is 5.32 Å². The largest absolute Gasteiger partial charge is 0.325 e. The Labute approximate surface area is 118 Å². The minimum atomic E-state index is -1.10. The monoisotopic (exact) mass is 290 g/mol. The third-order valence-corrected chi connectivity index (χ3v) is 2.78. The number of nitrogens with one attached hydrogen (secondary N) is 1. The summed E-state index contributed by atoms with van der Waals surface area (Å²) in [4.78, 5) is 11.8. The Morgan fingerprint density at radius 1 is 1.10 bits per heavy atom. The van der Waals surface area contributed by atoms with Crippen molar-refractivity contribution in [1.29, 1.82) is 5.26 Å². The van der Waals surface area contributed by atoms with E-state index in [0.29, 0.717) is 0 Å². The van der Waals surface area contributed by atoms with Crippen molar-refractivity contribution in [3.05, 3.63) is 65.0 Å². The Bertz CT molecular complexity index is 738. The van der Waals surface area contributed by atoms with Crippen molar-refractivity contribution < 1.29 is 18.0 Å². The van der Waals surface area contributed by atoms with Crippen LogP contribution in [0.2, 0.25) is 0 Å². The fraction of sp³-hybridized carbons (Fsp3) is 0.0667. The average Bonchev–Trinajstić information content (AvgIpc) is 2.44. The number of hydrogen-bond donors (Lipinski definition) is 1. The number of nitriles is 1. The van der Waals surface area contributed by atoms with Crippen molar-refractivity contribution in [3.63, 3.8) is 0 Å². The van der Waals surface area contributed by atoms with Crippen LogP contribution in [0, 0.1) is 28.8 Å². The first-order valence-electron chi connectivity index (χ1n) is 5.94. The van der Waals surface area contributed by atoms with E-state index in [-0.39, 0.29) is 16.8 Å². The Balaban J connectivity index is 2.18. The van der Waals surface area contributed by atoms with Crippen LogP contribution >= 0.6 is 0 Å². The van der Waals surface area contributed by atoms with Crippen LogP contribution in [-0.4, -0.2) is 5.91 Å². The van der Waals surface area contributed by atoms with Gasteiger partial charge in [-0.15, -0.1) is 0 Å². The number of nitrogens with zero attached hydrogens (tertiary/aromatic N) is 1. The van der Waals surface area contributed by atoms with Gasteiger partial charge >= 0.3 is 0 Å². The van der Waals surface area contributed by atoms with E-state index in [9.17, 15) is 18.0 Å². The highest BCUT2D eigenvalue weighted by Gasteiger charge is 2.14. The summed E-state index contributed by atoms with van der Waals surface area (Å²) in [6.07, 6.45) is -0.426. The van der Waals surface area contributed by atoms with E-state index in [2.05, 4.69) is 5.32 Å². The van der Waals surface area contributed by atoms with E-state index < -0.39 is 29.8 Å². The zero-order valence-electron chi connectivity index (χ0n) is 10.7. The number of carbonyl (C=O) groups excluding carboxylic acids is 1. The average molecular weight is 290 g/mol. The standard InChI is InChI=1S/C15H9F3N2O/c16-11-4-2-6-13(10(11)8-19)20-14(21)7-9-3-1-5-12(17)15(9)18/h1-6H,7H2,(H,20,21). The summed E-state index contributed by atoms with van der Waals surface area (Å²) in [6.45, 7) is 0. The van der Waals surface area contributed by atoms with E-state index >= 15 is 0 Å². The Hall–Kier alpha value is -2.81. The molecule has 1 N–H and O–H groups in total. The quantitative estimate of drug-likeness (QED) is 0.944. The van der Waals surface area contributed by atoms with Crippen molar-refractivity contribution in [2.75, 3.05) is 5.32 Å². The molecule has 0 aromatic heterocycles. The molecule has 0 saturated carbocycles. The lowest BCUT2D eigenvalue weighted by atomic mass is 10.1. The van der Waals surface area contributed by atoms with Crippen molar-refractivity contribution in [3.8, 4) is 6.07 Å². The Morgan fingerprint density at radius 2 is 1.76 bits per heavy atom. The van der Waals surface area contributed by atoms with Gasteiger partial charge in [0.15, 0.2) is 11.6 Å². The third-order valence-electron chi connectivity index (χ3n) is 2.78. The minimum absolute atomic E-state index is 0.0145. The smallest absolute Gasteiger partial charge is 0.228 e. The van der Waals surface area contributed by atoms with Crippen LogP contribution in [0.15, 0.2) is 36.4 Å². The van der Waals surface area contributed by atoms with E-state index in [1.54, 1.807) is 6.07 Å². The number of anilines is 1. The van der Waals surface area contributed by atoms with Gasteiger partial charge in [0.1, 0.15) is 17.4 Å². The van der Waals surface area contributed by atoms with E-state index in [1.807, 2.05) is 0 Å². The van der Waals surface area contributed by atoms with Crippen LogP contribution in [0.3, 0.4) is 0 Å². The fourth-order valence-electron chi connectivity index (χ4n) is 1.79. The predicted octanol–water partition coefficient (Wildman–Crippen LogP) is 3.16. The number of hydrogen-bond acceptors (Lipinski definition) is 2. The summed E-state index contributed by atoms with van der Waals surface area (Å²) >= 11 is 0. The summed E-state index contributed by atoms with van der Waals surface area (Å²) in [5, 5.41) is 11.1. The maximum absolute atomic E-state index is 13.4. The summed E-state index contributed by atoms with van der Waals surface area (Å²) in [7, 11) is 0. The molecule has 0 aliphatic carbocycles. The molecule has 1 amide bonds. The second kappa shape index (κ2) is 6.09. The molecule has 0 spiro atoms. The van der Waals surface area contributed by atoms with Gasteiger partial charge in [-0.25, -0.2) is 13.2 Å². The molecule has 2 aromatic rings. The molecule has 6 heteroatoms.